The van der Waals surface area contributed by atoms with Crippen molar-refractivity contribution in [2.24, 2.45) is 0 Å². The molecule has 0 unspecified atom stereocenters. The number of hydrogen-bond donors (Lipinski definition) is 3. The second kappa shape index (κ2) is 3.76. The highest BCUT2D eigenvalue weighted by Gasteiger charge is 1.95. The van der Waals surface area contributed by atoms with Crippen molar-refractivity contribution < 1.29 is 0 Å². The van der Waals surface area contributed by atoms with E-state index in [1.165, 1.54) is 0 Å². The maximum Gasteiger partial charge on any atom is 0.0973 e. The van der Waals surface area contributed by atoms with Crippen molar-refractivity contribution in [2.75, 3.05) is 12.8 Å². The number of nitrogens with two attached hydrogens (primary N) is 1. The zero-order valence-electron chi connectivity index (χ0n) is 7.09. The topological polar surface area (TPSA) is 61.9 Å². The first kappa shape index (κ1) is 8.59. The molecule has 1 rings (SSSR count). The van der Waals surface area contributed by atoms with Crippen LogP contribution in [0, 0.1) is 5.41 Å². The fourth-order valence-electron chi connectivity index (χ4n) is 0.928. The molecule has 3 nitrogen and oxygen atoms in total. The molecule has 0 saturated heterocycles. The Hall–Kier alpha value is -1.51. The summed E-state index contributed by atoms with van der Waals surface area (Å²) in [6.45, 7) is 0. The fraction of sp³-hybridized carbons (Fsp3) is 0.222. The van der Waals surface area contributed by atoms with Crippen LogP contribution in [0.15, 0.2) is 24.3 Å². The second-order valence-corrected chi connectivity index (χ2v) is 2.65. The van der Waals surface area contributed by atoms with E-state index in [2.05, 4.69) is 5.32 Å². The molecule has 0 aliphatic rings. The van der Waals surface area contributed by atoms with Gasteiger partial charge in [0.15, 0.2) is 0 Å². The van der Waals surface area contributed by atoms with E-state index in [1.54, 1.807) is 7.05 Å². The lowest BCUT2D eigenvalue weighted by molar-refractivity contribution is 1.08. The Balaban J connectivity index is 2.64. The van der Waals surface area contributed by atoms with E-state index in [0.29, 0.717) is 12.3 Å². The molecule has 12 heavy (non-hydrogen) atoms. The molecule has 0 amide bonds. The molecular weight excluding hydrogens is 150 g/mol. The molecule has 1 aromatic rings. The van der Waals surface area contributed by atoms with Crippen LogP contribution in [-0.4, -0.2) is 12.9 Å². The third-order valence-corrected chi connectivity index (χ3v) is 1.66. The summed E-state index contributed by atoms with van der Waals surface area (Å²) in [6, 6.07) is 7.55. The summed E-state index contributed by atoms with van der Waals surface area (Å²) in [7, 11) is 1.75. The summed E-state index contributed by atoms with van der Waals surface area (Å²) in [6.07, 6.45) is 0.636. The molecule has 0 heterocycles. The van der Waals surface area contributed by atoms with Crippen LogP contribution < -0.4 is 11.1 Å². The van der Waals surface area contributed by atoms with Crippen molar-refractivity contribution in [2.45, 2.75) is 6.42 Å². The van der Waals surface area contributed by atoms with Crippen molar-refractivity contribution in [3.8, 4) is 0 Å². The van der Waals surface area contributed by atoms with Crippen LogP contribution in [0.2, 0.25) is 0 Å². The van der Waals surface area contributed by atoms with Crippen LogP contribution in [0.25, 0.3) is 0 Å². The maximum atomic E-state index is 7.39. The standard InChI is InChI=1S/C9H13N3/c1-12-9(11)6-7-2-4-8(10)5-3-7/h2-5H,6,10H2,1H3,(H2,11,12). The van der Waals surface area contributed by atoms with E-state index in [1.807, 2.05) is 24.3 Å². The van der Waals surface area contributed by atoms with E-state index in [-0.39, 0.29) is 0 Å². The van der Waals surface area contributed by atoms with Gasteiger partial charge in [0.25, 0.3) is 0 Å². The van der Waals surface area contributed by atoms with Gasteiger partial charge < -0.3 is 11.1 Å². The Labute approximate surface area is 72.1 Å². The predicted octanol–water partition coefficient (Wildman–Crippen LogP) is 1.01. The number of hydrogen-bond acceptors (Lipinski definition) is 2. The summed E-state index contributed by atoms with van der Waals surface area (Å²) in [5.41, 5.74) is 7.38. The lowest BCUT2D eigenvalue weighted by Crippen LogP contribution is -2.18. The number of nitrogens with one attached hydrogen (secondary N) is 2. The van der Waals surface area contributed by atoms with Gasteiger partial charge in [-0.1, -0.05) is 12.1 Å². The van der Waals surface area contributed by atoms with Gasteiger partial charge >= 0.3 is 0 Å². The van der Waals surface area contributed by atoms with E-state index < -0.39 is 0 Å². The second-order valence-electron chi connectivity index (χ2n) is 2.65. The third-order valence-electron chi connectivity index (χ3n) is 1.66. The number of benzene rings is 1. The average molecular weight is 163 g/mol. The van der Waals surface area contributed by atoms with Crippen LogP contribution >= 0.6 is 0 Å². The molecule has 0 aliphatic heterocycles. The third kappa shape index (κ3) is 2.27. The highest BCUT2D eigenvalue weighted by molar-refractivity contribution is 5.81. The largest absolute Gasteiger partial charge is 0.399 e. The van der Waals surface area contributed by atoms with Gasteiger partial charge in [0.1, 0.15) is 0 Å². The lowest BCUT2D eigenvalue weighted by Gasteiger charge is -2.02. The fourth-order valence-corrected chi connectivity index (χ4v) is 0.928. The van der Waals surface area contributed by atoms with Crippen molar-refractivity contribution in [1.82, 2.24) is 5.32 Å². The first-order valence-corrected chi connectivity index (χ1v) is 3.82. The van der Waals surface area contributed by atoms with Gasteiger partial charge in [0.2, 0.25) is 0 Å². The molecule has 0 spiro atoms. The van der Waals surface area contributed by atoms with Gasteiger partial charge in [-0.2, -0.15) is 0 Å². The smallest absolute Gasteiger partial charge is 0.0973 e. The summed E-state index contributed by atoms with van der Waals surface area (Å²) in [4.78, 5) is 0. The normalized spacial score (nSPS) is 9.42. The number of rotatable bonds is 2. The molecule has 0 atom stereocenters. The van der Waals surface area contributed by atoms with Gasteiger partial charge in [-0.3, -0.25) is 5.41 Å². The van der Waals surface area contributed by atoms with Crippen LogP contribution in [-0.2, 0) is 6.42 Å². The summed E-state index contributed by atoms with van der Waals surface area (Å²) in [5, 5.41) is 10.2. The molecule has 4 N–H and O–H groups in total. The van der Waals surface area contributed by atoms with E-state index in [4.69, 9.17) is 11.1 Å². The van der Waals surface area contributed by atoms with Crippen LogP contribution in [0.3, 0.4) is 0 Å². The van der Waals surface area contributed by atoms with Gasteiger partial charge in [-0.25, -0.2) is 0 Å². The molecule has 1 aromatic carbocycles. The van der Waals surface area contributed by atoms with Crippen LogP contribution in [0.1, 0.15) is 5.56 Å². The Kier molecular flexibility index (Phi) is 2.69. The first-order valence-electron chi connectivity index (χ1n) is 3.82. The monoisotopic (exact) mass is 163 g/mol. The Morgan fingerprint density at radius 2 is 2.00 bits per heavy atom. The van der Waals surface area contributed by atoms with Crippen molar-refractivity contribution in [3.63, 3.8) is 0 Å². The zero-order chi connectivity index (χ0) is 8.97. The minimum atomic E-state index is 0.514. The Morgan fingerprint density at radius 1 is 1.42 bits per heavy atom. The summed E-state index contributed by atoms with van der Waals surface area (Å²) >= 11 is 0. The first-order chi connectivity index (χ1) is 5.72. The van der Waals surface area contributed by atoms with Crippen LogP contribution in [0.5, 0.6) is 0 Å². The maximum absolute atomic E-state index is 7.39. The molecule has 0 aromatic heterocycles. The SMILES string of the molecule is CNC(=N)Cc1ccc(N)cc1. The van der Waals surface area contributed by atoms with E-state index in [0.717, 1.165) is 11.3 Å². The molecular formula is C9H13N3. The van der Waals surface area contributed by atoms with Crippen LogP contribution in [0.4, 0.5) is 5.69 Å². The summed E-state index contributed by atoms with van der Waals surface area (Å²) < 4.78 is 0. The predicted molar refractivity (Wildman–Crippen MR) is 51.3 cm³/mol. The molecule has 0 fully saturated rings. The zero-order valence-corrected chi connectivity index (χ0v) is 7.09. The van der Waals surface area contributed by atoms with Gasteiger partial charge in [0.05, 0.1) is 5.84 Å². The Morgan fingerprint density at radius 3 is 2.50 bits per heavy atom. The van der Waals surface area contributed by atoms with E-state index >= 15 is 0 Å². The lowest BCUT2D eigenvalue weighted by atomic mass is 10.1. The number of amidine groups is 1. The molecule has 0 bridgehead atoms. The molecule has 0 aliphatic carbocycles. The highest BCUT2D eigenvalue weighted by atomic mass is 14.9. The summed E-state index contributed by atoms with van der Waals surface area (Å²) in [5.74, 6) is 0.514. The molecule has 0 saturated carbocycles. The van der Waals surface area contributed by atoms with Gasteiger partial charge in [0, 0.05) is 19.2 Å². The number of nitrogen functional groups attached to an aromatic ring is 1. The van der Waals surface area contributed by atoms with Gasteiger partial charge in [-0.05, 0) is 17.7 Å². The minimum absolute atomic E-state index is 0.514. The Bertz CT molecular complexity index is 264. The minimum Gasteiger partial charge on any atom is -0.399 e. The average Bonchev–Trinajstić information content (AvgIpc) is 2.09. The van der Waals surface area contributed by atoms with Gasteiger partial charge in [-0.15, -0.1) is 0 Å². The number of anilines is 1. The van der Waals surface area contributed by atoms with Crippen molar-refractivity contribution in [3.05, 3.63) is 29.8 Å². The quantitative estimate of drug-likeness (QED) is 0.346. The molecule has 64 valence electrons. The number of likely N-dealkylation sites (N-methyl/N-ethyl adjacent to an activating group) is 1. The van der Waals surface area contributed by atoms with Crippen molar-refractivity contribution >= 4 is 11.5 Å². The van der Waals surface area contributed by atoms with E-state index in [9.17, 15) is 0 Å². The molecule has 0 radical (unpaired) electrons. The molecule has 3 heteroatoms. The highest BCUT2D eigenvalue weighted by Crippen LogP contribution is 2.05. The van der Waals surface area contributed by atoms with Crippen molar-refractivity contribution in [1.29, 1.82) is 5.41 Å².